The number of esters is 1. The molecule has 0 aliphatic heterocycles. The number of nitrogens with one attached hydrogen (secondary N) is 2. The van der Waals surface area contributed by atoms with Crippen molar-refractivity contribution in [2.24, 2.45) is 5.92 Å². The molecule has 1 aliphatic carbocycles. The van der Waals surface area contributed by atoms with Crippen LogP contribution in [0.15, 0.2) is 10.7 Å². The number of halogens is 1. The highest BCUT2D eigenvalue weighted by atomic mass is 79.9. The van der Waals surface area contributed by atoms with E-state index in [-0.39, 0.29) is 17.9 Å². The Morgan fingerprint density at radius 2 is 2.32 bits per heavy atom. The molecule has 1 fully saturated rings. The van der Waals surface area contributed by atoms with Crippen LogP contribution in [0.25, 0.3) is 0 Å². The van der Waals surface area contributed by atoms with Crippen molar-refractivity contribution in [3.05, 3.63) is 10.7 Å². The summed E-state index contributed by atoms with van der Waals surface area (Å²) in [5.41, 5.74) is 0. The molecule has 2 N–H and O–H groups in total. The molecule has 0 radical (unpaired) electrons. The number of nitrogens with zero attached hydrogens (tertiary/aromatic N) is 2. The summed E-state index contributed by atoms with van der Waals surface area (Å²) in [6.45, 7) is 0. The van der Waals surface area contributed by atoms with E-state index in [2.05, 4.69) is 36.5 Å². The number of hydrogen-bond donors (Lipinski definition) is 2. The van der Waals surface area contributed by atoms with E-state index >= 15 is 0 Å². The van der Waals surface area contributed by atoms with Crippen LogP contribution < -0.4 is 10.6 Å². The van der Waals surface area contributed by atoms with Gasteiger partial charge in [0.2, 0.25) is 5.95 Å². The molecule has 1 aliphatic rings. The third kappa shape index (κ3) is 3.34. The average Bonchev–Trinajstić information content (AvgIpc) is 2.88. The van der Waals surface area contributed by atoms with Crippen molar-refractivity contribution in [1.82, 2.24) is 9.97 Å². The molecule has 2 atom stereocenters. The van der Waals surface area contributed by atoms with Crippen LogP contribution >= 0.6 is 15.9 Å². The first-order valence-corrected chi connectivity index (χ1v) is 6.98. The van der Waals surface area contributed by atoms with Crippen LogP contribution in [0.5, 0.6) is 0 Å². The third-order valence-electron chi connectivity index (χ3n) is 3.28. The Hall–Kier alpha value is -1.37. The van der Waals surface area contributed by atoms with Crippen LogP contribution in [-0.4, -0.2) is 36.1 Å². The maximum atomic E-state index is 11.5. The second-order valence-corrected chi connectivity index (χ2v) is 5.37. The fourth-order valence-corrected chi connectivity index (χ4v) is 2.68. The SMILES string of the molecule is CNc1nc(N[C@@H]2CC[C@H](C(=O)OC)C2)ncc1Br. The predicted octanol–water partition coefficient (Wildman–Crippen LogP) is 2.03. The van der Waals surface area contributed by atoms with Gasteiger partial charge in [-0.3, -0.25) is 4.79 Å². The monoisotopic (exact) mass is 328 g/mol. The maximum absolute atomic E-state index is 11.5. The van der Waals surface area contributed by atoms with Gasteiger partial charge in [0.05, 0.1) is 17.5 Å². The van der Waals surface area contributed by atoms with Crippen LogP contribution in [-0.2, 0) is 9.53 Å². The maximum Gasteiger partial charge on any atom is 0.308 e. The lowest BCUT2D eigenvalue weighted by atomic mass is 10.1. The zero-order chi connectivity index (χ0) is 13.8. The molecule has 6 nitrogen and oxygen atoms in total. The number of aromatic nitrogens is 2. The van der Waals surface area contributed by atoms with Gasteiger partial charge >= 0.3 is 5.97 Å². The summed E-state index contributed by atoms with van der Waals surface area (Å²) in [6.07, 6.45) is 4.24. The Balaban J connectivity index is 1.97. The zero-order valence-corrected chi connectivity index (χ0v) is 12.5. The molecular weight excluding hydrogens is 312 g/mol. The molecule has 0 saturated heterocycles. The van der Waals surface area contributed by atoms with Crippen LogP contribution in [0, 0.1) is 5.92 Å². The summed E-state index contributed by atoms with van der Waals surface area (Å²) >= 11 is 3.36. The molecule has 0 bridgehead atoms. The number of carbonyl (C=O) groups excluding carboxylic acids is 1. The number of methoxy groups -OCH3 is 1. The Morgan fingerprint density at radius 1 is 1.53 bits per heavy atom. The molecule has 0 spiro atoms. The lowest BCUT2D eigenvalue weighted by Crippen LogP contribution is -2.20. The standard InChI is InChI=1S/C12H17BrN4O2/c1-14-10-9(13)6-15-12(17-10)16-8-4-3-7(5-8)11(18)19-2/h6-8H,3-5H2,1-2H3,(H2,14,15,16,17)/t7-,8+/m0/s1. The first-order chi connectivity index (χ1) is 9.13. The Kier molecular flexibility index (Phi) is 4.57. The molecule has 7 heteroatoms. The van der Waals surface area contributed by atoms with Crippen molar-refractivity contribution in [3.8, 4) is 0 Å². The molecule has 0 amide bonds. The van der Waals surface area contributed by atoms with E-state index in [1.807, 2.05) is 0 Å². The van der Waals surface area contributed by atoms with Gasteiger partial charge in [0.25, 0.3) is 0 Å². The number of anilines is 2. The molecule has 1 heterocycles. The van der Waals surface area contributed by atoms with E-state index < -0.39 is 0 Å². The first-order valence-electron chi connectivity index (χ1n) is 6.18. The van der Waals surface area contributed by atoms with Gasteiger partial charge < -0.3 is 15.4 Å². The van der Waals surface area contributed by atoms with Crippen molar-refractivity contribution in [3.63, 3.8) is 0 Å². The van der Waals surface area contributed by atoms with Gasteiger partial charge in [-0.2, -0.15) is 4.98 Å². The lowest BCUT2D eigenvalue weighted by Gasteiger charge is -2.13. The second-order valence-electron chi connectivity index (χ2n) is 4.51. The fraction of sp³-hybridized carbons (Fsp3) is 0.583. The van der Waals surface area contributed by atoms with E-state index in [0.717, 1.165) is 29.6 Å². The smallest absolute Gasteiger partial charge is 0.308 e. The van der Waals surface area contributed by atoms with Gasteiger partial charge in [-0.05, 0) is 35.2 Å². The van der Waals surface area contributed by atoms with E-state index in [4.69, 9.17) is 4.74 Å². The molecule has 19 heavy (non-hydrogen) atoms. The molecular formula is C12H17BrN4O2. The highest BCUT2D eigenvalue weighted by molar-refractivity contribution is 9.10. The van der Waals surface area contributed by atoms with Crippen molar-refractivity contribution >= 4 is 33.7 Å². The molecule has 1 aromatic heterocycles. The lowest BCUT2D eigenvalue weighted by molar-refractivity contribution is -0.145. The summed E-state index contributed by atoms with van der Waals surface area (Å²) in [6, 6.07) is 0.218. The Morgan fingerprint density at radius 3 is 3.00 bits per heavy atom. The average molecular weight is 329 g/mol. The number of hydrogen-bond acceptors (Lipinski definition) is 6. The Labute approximate surface area is 120 Å². The number of ether oxygens (including phenoxy) is 1. The largest absolute Gasteiger partial charge is 0.469 e. The van der Waals surface area contributed by atoms with Crippen LogP contribution in [0.3, 0.4) is 0 Å². The normalized spacial score (nSPS) is 22.1. The van der Waals surface area contributed by atoms with Crippen LogP contribution in [0.2, 0.25) is 0 Å². The zero-order valence-electron chi connectivity index (χ0n) is 10.9. The Bertz CT molecular complexity index is 469. The minimum atomic E-state index is -0.128. The molecule has 0 unspecified atom stereocenters. The molecule has 2 rings (SSSR count). The van der Waals surface area contributed by atoms with Gasteiger partial charge in [0, 0.05) is 19.3 Å². The predicted molar refractivity (Wildman–Crippen MR) is 76.0 cm³/mol. The van der Waals surface area contributed by atoms with Crippen molar-refractivity contribution in [2.45, 2.75) is 25.3 Å². The van der Waals surface area contributed by atoms with Crippen molar-refractivity contribution in [1.29, 1.82) is 0 Å². The summed E-state index contributed by atoms with van der Waals surface area (Å²) in [5.74, 6) is 1.17. The molecule has 0 aromatic carbocycles. The van der Waals surface area contributed by atoms with Crippen molar-refractivity contribution < 1.29 is 9.53 Å². The van der Waals surface area contributed by atoms with Crippen LogP contribution in [0.1, 0.15) is 19.3 Å². The highest BCUT2D eigenvalue weighted by Crippen LogP contribution is 2.29. The summed E-state index contributed by atoms with van der Waals surface area (Å²) in [5, 5.41) is 6.25. The number of carbonyl (C=O) groups is 1. The van der Waals surface area contributed by atoms with E-state index in [9.17, 15) is 4.79 Å². The van der Waals surface area contributed by atoms with Gasteiger partial charge in [0.1, 0.15) is 5.82 Å². The summed E-state index contributed by atoms with van der Waals surface area (Å²) < 4.78 is 5.59. The highest BCUT2D eigenvalue weighted by Gasteiger charge is 2.30. The van der Waals surface area contributed by atoms with E-state index in [0.29, 0.717) is 5.95 Å². The van der Waals surface area contributed by atoms with E-state index in [1.54, 1.807) is 13.2 Å². The van der Waals surface area contributed by atoms with Crippen LogP contribution in [0.4, 0.5) is 11.8 Å². The molecule has 1 aromatic rings. The van der Waals surface area contributed by atoms with Gasteiger partial charge in [-0.1, -0.05) is 0 Å². The van der Waals surface area contributed by atoms with Crippen molar-refractivity contribution in [2.75, 3.05) is 24.8 Å². The third-order valence-corrected chi connectivity index (χ3v) is 3.86. The molecule has 1 saturated carbocycles. The van der Waals surface area contributed by atoms with Gasteiger partial charge in [0.15, 0.2) is 0 Å². The van der Waals surface area contributed by atoms with E-state index in [1.165, 1.54) is 7.11 Å². The molecule has 104 valence electrons. The van der Waals surface area contributed by atoms with Gasteiger partial charge in [-0.25, -0.2) is 4.98 Å². The second kappa shape index (κ2) is 6.18. The minimum absolute atomic E-state index is 0.0123. The fourth-order valence-electron chi connectivity index (χ4n) is 2.29. The quantitative estimate of drug-likeness (QED) is 0.824. The summed E-state index contributed by atoms with van der Waals surface area (Å²) in [7, 11) is 3.24. The minimum Gasteiger partial charge on any atom is -0.469 e. The summed E-state index contributed by atoms with van der Waals surface area (Å²) in [4.78, 5) is 20.0. The topological polar surface area (TPSA) is 76.1 Å². The number of rotatable bonds is 4. The first kappa shape index (κ1) is 14.0. The van der Waals surface area contributed by atoms with Gasteiger partial charge in [-0.15, -0.1) is 0 Å².